The van der Waals surface area contributed by atoms with Crippen LogP contribution in [0.15, 0.2) is 46.5 Å². The molecule has 220 valence electrons. The average Bonchev–Trinajstić information content (AvgIpc) is 3.51. The molecule has 1 saturated carbocycles. The first kappa shape index (κ1) is 30.6. The summed E-state index contributed by atoms with van der Waals surface area (Å²) in [6.07, 6.45) is -0.0829. The Morgan fingerprint density at radius 1 is 0.857 bits per heavy atom. The molecule has 15 heteroatoms. The second-order valence-electron chi connectivity index (χ2n) is 10.5. The predicted molar refractivity (Wildman–Crippen MR) is 164 cm³/mol. The molecule has 2 aliphatic heterocycles. The SMILES string of the molecule is Cc1cc(OC(=O)[C@@H]2CC(=O)N(c3cc(Cl)ccc3Cl)C2)ccc1N1C(=O)[C@@H]2[C@@H](C1=O)[C@@]1(Cl)C(Cl)=C(Cl)[C@@]2(Cl)C1(Cl)Cl. The van der Waals surface area contributed by atoms with Crippen molar-refractivity contribution in [3.63, 3.8) is 0 Å². The number of rotatable bonds is 4. The summed E-state index contributed by atoms with van der Waals surface area (Å²) in [7, 11) is 0. The lowest BCUT2D eigenvalue weighted by Gasteiger charge is -2.34. The van der Waals surface area contributed by atoms with E-state index in [0.29, 0.717) is 21.3 Å². The topological polar surface area (TPSA) is 84.0 Å². The van der Waals surface area contributed by atoms with Gasteiger partial charge < -0.3 is 9.64 Å². The second-order valence-corrected chi connectivity index (χ2v) is 14.6. The molecule has 5 atom stereocenters. The van der Waals surface area contributed by atoms with Gasteiger partial charge in [0.2, 0.25) is 17.7 Å². The Balaban J connectivity index is 1.22. The molecule has 3 amide bonds. The molecule has 2 saturated heterocycles. The summed E-state index contributed by atoms with van der Waals surface area (Å²) in [6, 6.07) is 9.06. The van der Waals surface area contributed by atoms with Crippen LogP contribution in [0.3, 0.4) is 0 Å². The number of hydrogen-bond donors (Lipinski definition) is 0. The van der Waals surface area contributed by atoms with Crippen molar-refractivity contribution in [1.82, 2.24) is 0 Å². The van der Waals surface area contributed by atoms with E-state index in [9.17, 15) is 19.2 Å². The highest BCUT2D eigenvalue weighted by Crippen LogP contribution is 2.77. The lowest BCUT2D eigenvalue weighted by atomic mass is 9.84. The number of esters is 1. The van der Waals surface area contributed by atoms with Crippen molar-refractivity contribution in [2.24, 2.45) is 17.8 Å². The summed E-state index contributed by atoms with van der Waals surface area (Å²) >= 11 is 51.6. The van der Waals surface area contributed by atoms with Gasteiger partial charge in [0.1, 0.15) is 15.5 Å². The zero-order chi connectivity index (χ0) is 30.7. The molecule has 2 bridgehead atoms. The first-order valence-corrected chi connectivity index (χ1v) is 15.4. The van der Waals surface area contributed by atoms with Crippen LogP contribution in [0.4, 0.5) is 11.4 Å². The molecular weight excluding hydrogens is 716 g/mol. The highest BCUT2D eigenvalue weighted by molar-refractivity contribution is 6.67. The molecule has 0 radical (unpaired) electrons. The third kappa shape index (κ3) is 3.87. The highest BCUT2D eigenvalue weighted by Gasteiger charge is 2.87. The van der Waals surface area contributed by atoms with Crippen LogP contribution in [-0.2, 0) is 19.2 Å². The van der Waals surface area contributed by atoms with Gasteiger partial charge in [0.15, 0.2) is 4.33 Å². The van der Waals surface area contributed by atoms with Gasteiger partial charge in [-0.2, -0.15) is 0 Å². The van der Waals surface area contributed by atoms with Gasteiger partial charge in [0, 0.05) is 18.0 Å². The molecule has 2 aromatic rings. The van der Waals surface area contributed by atoms with Crippen LogP contribution >= 0.6 is 92.8 Å². The molecule has 0 spiro atoms. The fourth-order valence-corrected chi connectivity index (χ4v) is 9.48. The van der Waals surface area contributed by atoms with Crippen molar-refractivity contribution in [2.45, 2.75) is 27.4 Å². The molecule has 2 aliphatic carbocycles. The number of alkyl halides is 4. The monoisotopic (exact) mass is 728 g/mol. The Kier molecular flexibility index (Phi) is 7.32. The summed E-state index contributed by atoms with van der Waals surface area (Å²) in [6.45, 7) is 1.67. The van der Waals surface area contributed by atoms with Crippen molar-refractivity contribution in [3.05, 3.63) is 62.1 Å². The summed E-state index contributed by atoms with van der Waals surface area (Å²) in [5, 5.41) is 0.343. The molecule has 42 heavy (non-hydrogen) atoms. The number of hydrogen-bond acceptors (Lipinski definition) is 5. The molecule has 2 aromatic carbocycles. The Morgan fingerprint density at radius 3 is 2.02 bits per heavy atom. The van der Waals surface area contributed by atoms with Gasteiger partial charge in [-0.1, -0.05) is 69.6 Å². The van der Waals surface area contributed by atoms with Gasteiger partial charge in [-0.15, -0.1) is 23.2 Å². The van der Waals surface area contributed by atoms with E-state index in [1.807, 2.05) is 0 Å². The van der Waals surface area contributed by atoms with Gasteiger partial charge in [-0.3, -0.25) is 19.2 Å². The van der Waals surface area contributed by atoms with Crippen LogP contribution in [0, 0.1) is 24.7 Å². The van der Waals surface area contributed by atoms with E-state index in [2.05, 4.69) is 0 Å². The van der Waals surface area contributed by atoms with E-state index in [4.69, 9.17) is 97.5 Å². The summed E-state index contributed by atoms with van der Waals surface area (Å²) < 4.78 is 3.52. The standard InChI is InChI=1S/C27H16Cl8N2O5/c1-10-6-13(42-24(41)11-7-17(38)36(9-11)16-8-12(28)2-4-14(16)29)3-5-15(10)37-22(39)18-19(23(37)40)26(33)21(31)20(30)25(18,32)27(26,34)35/h2-6,8,11,18-19H,7,9H2,1H3/t11-,18+,19+,25-,26-/m1/s1. The summed E-state index contributed by atoms with van der Waals surface area (Å²) in [5.74, 6) is -5.52. The van der Waals surface area contributed by atoms with E-state index >= 15 is 0 Å². The Labute approximate surface area is 279 Å². The minimum absolute atomic E-state index is 0.0521. The third-order valence-electron chi connectivity index (χ3n) is 8.19. The van der Waals surface area contributed by atoms with Crippen molar-refractivity contribution in [3.8, 4) is 5.75 Å². The van der Waals surface area contributed by atoms with Gasteiger partial charge in [0.05, 0.1) is 44.2 Å². The first-order chi connectivity index (χ1) is 19.6. The molecule has 0 N–H and O–H groups in total. The van der Waals surface area contributed by atoms with Crippen LogP contribution in [-0.4, -0.2) is 44.3 Å². The number of ether oxygens (including phenoxy) is 1. The maximum absolute atomic E-state index is 13.7. The number of anilines is 2. The molecule has 7 nitrogen and oxygen atoms in total. The highest BCUT2D eigenvalue weighted by atomic mass is 35.5. The van der Waals surface area contributed by atoms with Crippen molar-refractivity contribution in [1.29, 1.82) is 0 Å². The fourth-order valence-electron chi connectivity index (χ4n) is 6.17. The smallest absolute Gasteiger partial charge is 0.316 e. The van der Waals surface area contributed by atoms with E-state index < -0.39 is 49.6 Å². The van der Waals surface area contributed by atoms with E-state index in [1.54, 1.807) is 25.1 Å². The molecule has 4 aliphatic rings. The minimum atomic E-state index is -2.04. The largest absolute Gasteiger partial charge is 0.426 e. The number of aryl methyl sites for hydroxylation is 1. The van der Waals surface area contributed by atoms with Gasteiger partial charge in [-0.25, -0.2) is 4.90 Å². The lowest BCUT2D eigenvalue weighted by molar-refractivity contribution is -0.139. The van der Waals surface area contributed by atoms with Crippen molar-refractivity contribution >= 4 is 128 Å². The Hall–Kier alpha value is -1.42. The van der Waals surface area contributed by atoms with Gasteiger partial charge in [0.25, 0.3) is 0 Å². The van der Waals surface area contributed by atoms with Crippen LogP contribution < -0.4 is 14.5 Å². The van der Waals surface area contributed by atoms with Crippen LogP contribution in [0.5, 0.6) is 5.75 Å². The van der Waals surface area contributed by atoms with E-state index in [1.165, 1.54) is 23.1 Å². The molecule has 0 aromatic heterocycles. The first-order valence-electron chi connectivity index (χ1n) is 12.3. The number of benzene rings is 2. The molecular formula is C27H16Cl8N2O5. The third-order valence-corrected chi connectivity index (χ3v) is 13.0. The fraction of sp³-hybridized carbons (Fsp3) is 0.333. The number of imide groups is 1. The predicted octanol–water partition coefficient (Wildman–Crippen LogP) is 7.21. The zero-order valence-corrected chi connectivity index (χ0v) is 27.1. The average molecular weight is 732 g/mol. The summed E-state index contributed by atoms with van der Waals surface area (Å²) in [4.78, 5) is 51.5. The number of fused-ring (bicyclic) bond motifs is 5. The van der Waals surface area contributed by atoms with Crippen LogP contribution in [0.2, 0.25) is 10.0 Å². The normalized spacial score (nSPS) is 31.5. The Morgan fingerprint density at radius 2 is 1.45 bits per heavy atom. The quantitative estimate of drug-likeness (QED) is 0.144. The second kappa shape index (κ2) is 10.0. The van der Waals surface area contributed by atoms with Gasteiger partial charge in [-0.05, 0) is 48.9 Å². The number of carbonyl (C=O) groups excluding carboxylic acids is 4. The molecule has 3 fully saturated rings. The van der Waals surface area contributed by atoms with Crippen molar-refractivity contribution < 1.29 is 23.9 Å². The number of amides is 3. The Bertz CT molecular complexity index is 1620. The molecule has 2 heterocycles. The zero-order valence-electron chi connectivity index (χ0n) is 21.1. The maximum atomic E-state index is 13.7. The van der Waals surface area contributed by atoms with Crippen LogP contribution in [0.1, 0.15) is 12.0 Å². The maximum Gasteiger partial charge on any atom is 0.316 e. The van der Waals surface area contributed by atoms with E-state index in [0.717, 1.165) is 4.90 Å². The number of allylic oxidation sites excluding steroid dienone is 2. The summed E-state index contributed by atoms with van der Waals surface area (Å²) in [5.41, 5.74) is 1.03. The van der Waals surface area contributed by atoms with Gasteiger partial charge >= 0.3 is 5.97 Å². The van der Waals surface area contributed by atoms with E-state index in [-0.39, 0.29) is 40.4 Å². The van der Waals surface area contributed by atoms with Crippen LogP contribution in [0.25, 0.3) is 0 Å². The molecule has 6 rings (SSSR count). The molecule has 0 unspecified atom stereocenters. The minimum Gasteiger partial charge on any atom is -0.426 e. The lowest BCUT2D eigenvalue weighted by Crippen LogP contribution is -2.50. The van der Waals surface area contributed by atoms with Crippen molar-refractivity contribution in [2.75, 3.05) is 16.3 Å². The number of nitrogens with zero attached hydrogens (tertiary/aromatic N) is 2. The number of halogens is 8. The number of carbonyl (C=O) groups is 4.